The first-order valence-corrected chi connectivity index (χ1v) is 11.9. The second-order valence-electron chi connectivity index (χ2n) is 9.15. The third-order valence-corrected chi connectivity index (χ3v) is 7.00. The Kier molecular flexibility index (Phi) is 5.21. The summed E-state index contributed by atoms with van der Waals surface area (Å²) in [7, 11) is 0. The Bertz CT molecular complexity index is 1400. The van der Waals surface area contributed by atoms with Crippen molar-refractivity contribution in [3.63, 3.8) is 0 Å². The van der Waals surface area contributed by atoms with Crippen LogP contribution in [0.2, 0.25) is 0 Å². The number of likely N-dealkylation sites (tertiary alicyclic amines) is 1. The van der Waals surface area contributed by atoms with Gasteiger partial charge in [0.2, 0.25) is 0 Å². The van der Waals surface area contributed by atoms with Crippen LogP contribution < -0.4 is 4.74 Å². The number of carbonyl (C=O) groups excluding carboxylic acids is 1. The summed E-state index contributed by atoms with van der Waals surface area (Å²) in [4.78, 5) is 19.6. The van der Waals surface area contributed by atoms with Gasteiger partial charge in [-0.15, -0.1) is 0 Å². The normalized spacial score (nSPS) is 16.1. The summed E-state index contributed by atoms with van der Waals surface area (Å²) in [5.41, 5.74) is 4.50. The fraction of sp³-hybridized carbons (Fsp3) is 0.207. The molecule has 0 aliphatic carbocycles. The number of pyridine rings is 1. The largest absolute Gasteiger partial charge is 0.482 e. The molecule has 174 valence electrons. The number of piperidine rings is 1. The highest BCUT2D eigenvalue weighted by Gasteiger charge is 2.38. The molecule has 2 aromatic carbocycles. The number of hydrogen-bond donors (Lipinski definition) is 0. The molecular formula is C29H26N4O2. The number of benzene rings is 2. The van der Waals surface area contributed by atoms with Crippen LogP contribution in [0, 0.1) is 6.92 Å². The lowest BCUT2D eigenvalue weighted by Gasteiger charge is -2.42. The highest BCUT2D eigenvalue weighted by Crippen LogP contribution is 2.39. The van der Waals surface area contributed by atoms with E-state index in [-0.39, 0.29) is 11.5 Å². The molecule has 1 amide bonds. The minimum Gasteiger partial charge on any atom is -0.482 e. The predicted octanol–water partition coefficient (Wildman–Crippen LogP) is 5.32. The van der Waals surface area contributed by atoms with Crippen molar-refractivity contribution in [2.75, 3.05) is 13.1 Å². The summed E-state index contributed by atoms with van der Waals surface area (Å²) in [6, 6.07) is 22.4. The first-order chi connectivity index (χ1) is 17.1. The van der Waals surface area contributed by atoms with Crippen molar-refractivity contribution in [2.45, 2.75) is 25.4 Å². The minimum absolute atomic E-state index is 0.00669. The molecule has 0 saturated carbocycles. The molecule has 6 heteroatoms. The maximum atomic E-state index is 13.3. The van der Waals surface area contributed by atoms with Gasteiger partial charge in [0.25, 0.3) is 5.91 Å². The molecule has 2 aliphatic rings. The van der Waals surface area contributed by atoms with E-state index in [1.54, 1.807) is 17.1 Å². The molecule has 1 fully saturated rings. The zero-order valence-electron chi connectivity index (χ0n) is 19.6. The Morgan fingerprint density at radius 2 is 1.77 bits per heavy atom. The SMILES string of the molecule is Cc1c(C(=O)N2CCC3(C=Cc4cc(-c5ccccc5)ccc4O3)CC2)cnn1-c1ccccn1. The Hall–Kier alpha value is -4.19. The van der Waals surface area contributed by atoms with Crippen molar-refractivity contribution < 1.29 is 9.53 Å². The molecule has 4 heterocycles. The van der Waals surface area contributed by atoms with Crippen LogP contribution in [0.5, 0.6) is 5.75 Å². The van der Waals surface area contributed by atoms with E-state index < -0.39 is 0 Å². The van der Waals surface area contributed by atoms with E-state index in [2.05, 4.69) is 64.7 Å². The van der Waals surface area contributed by atoms with Crippen molar-refractivity contribution in [1.82, 2.24) is 19.7 Å². The monoisotopic (exact) mass is 462 g/mol. The highest BCUT2D eigenvalue weighted by molar-refractivity contribution is 5.95. The third kappa shape index (κ3) is 3.91. The number of aromatic nitrogens is 3. The maximum Gasteiger partial charge on any atom is 0.257 e. The van der Waals surface area contributed by atoms with E-state index in [0.717, 1.165) is 29.8 Å². The van der Waals surface area contributed by atoms with Crippen molar-refractivity contribution >= 4 is 12.0 Å². The molecule has 6 rings (SSSR count). The average Bonchev–Trinajstić information content (AvgIpc) is 3.30. The van der Waals surface area contributed by atoms with Crippen LogP contribution in [0.25, 0.3) is 23.0 Å². The molecule has 1 spiro atoms. The molecule has 6 nitrogen and oxygen atoms in total. The summed E-state index contributed by atoms with van der Waals surface area (Å²) < 4.78 is 8.24. The fourth-order valence-corrected chi connectivity index (χ4v) is 4.93. The van der Waals surface area contributed by atoms with Crippen LogP contribution in [-0.2, 0) is 0 Å². The van der Waals surface area contributed by atoms with Crippen LogP contribution in [0.3, 0.4) is 0 Å². The molecule has 1 saturated heterocycles. The Morgan fingerprint density at radius 1 is 0.971 bits per heavy atom. The molecule has 0 N–H and O–H groups in total. The predicted molar refractivity (Wildman–Crippen MR) is 136 cm³/mol. The topological polar surface area (TPSA) is 60.3 Å². The summed E-state index contributed by atoms with van der Waals surface area (Å²) in [6.07, 6.45) is 9.22. The van der Waals surface area contributed by atoms with Gasteiger partial charge in [-0.2, -0.15) is 5.10 Å². The second kappa shape index (κ2) is 8.55. The Balaban J connectivity index is 1.16. The van der Waals surface area contributed by atoms with E-state index >= 15 is 0 Å². The second-order valence-corrected chi connectivity index (χ2v) is 9.15. The number of nitrogens with zero attached hydrogens (tertiary/aromatic N) is 4. The highest BCUT2D eigenvalue weighted by atomic mass is 16.5. The van der Waals surface area contributed by atoms with Crippen LogP contribution in [0.1, 0.15) is 34.5 Å². The maximum absolute atomic E-state index is 13.3. The zero-order chi connectivity index (χ0) is 23.8. The summed E-state index contributed by atoms with van der Waals surface area (Å²) in [5, 5.41) is 4.41. The van der Waals surface area contributed by atoms with Crippen LogP contribution in [0.4, 0.5) is 0 Å². The summed E-state index contributed by atoms with van der Waals surface area (Å²) in [5.74, 6) is 1.61. The number of rotatable bonds is 3. The van der Waals surface area contributed by atoms with Crippen LogP contribution >= 0.6 is 0 Å². The standard InChI is InChI=1S/C29H26N4O2/c1-21-25(20-31-33(21)27-9-5-6-16-30-27)28(34)32-17-14-29(15-18-32)13-12-24-19-23(10-11-26(24)35-29)22-7-3-2-4-8-22/h2-13,16,19-20H,14-15,17-18H2,1H3. The van der Waals surface area contributed by atoms with Gasteiger partial charge in [0.1, 0.15) is 11.4 Å². The quantitative estimate of drug-likeness (QED) is 0.413. The molecule has 2 aliphatic heterocycles. The van der Waals surface area contributed by atoms with Gasteiger partial charge in [0, 0.05) is 37.7 Å². The lowest BCUT2D eigenvalue weighted by atomic mass is 9.87. The number of fused-ring (bicyclic) bond motifs is 1. The van der Waals surface area contributed by atoms with Gasteiger partial charge in [-0.25, -0.2) is 9.67 Å². The van der Waals surface area contributed by atoms with E-state index in [1.807, 2.05) is 36.1 Å². The lowest BCUT2D eigenvalue weighted by molar-refractivity contribution is 0.0329. The molecule has 2 aromatic heterocycles. The summed E-state index contributed by atoms with van der Waals surface area (Å²) in [6.45, 7) is 3.18. The Labute approximate surface area is 204 Å². The molecule has 0 atom stereocenters. The molecular weight excluding hydrogens is 436 g/mol. The Morgan fingerprint density at radius 3 is 2.54 bits per heavy atom. The smallest absolute Gasteiger partial charge is 0.257 e. The fourth-order valence-electron chi connectivity index (χ4n) is 4.93. The van der Waals surface area contributed by atoms with Crippen molar-refractivity contribution in [1.29, 1.82) is 0 Å². The molecule has 0 bridgehead atoms. The average molecular weight is 463 g/mol. The van der Waals surface area contributed by atoms with E-state index in [0.29, 0.717) is 24.5 Å². The van der Waals surface area contributed by atoms with Crippen molar-refractivity contribution in [2.24, 2.45) is 0 Å². The van der Waals surface area contributed by atoms with E-state index in [9.17, 15) is 4.79 Å². The number of ether oxygens (including phenoxy) is 1. The number of carbonyl (C=O) groups is 1. The minimum atomic E-state index is -0.370. The number of amides is 1. The van der Waals surface area contributed by atoms with Crippen LogP contribution in [0.15, 0.2) is 85.2 Å². The van der Waals surface area contributed by atoms with Gasteiger partial charge in [0.15, 0.2) is 5.82 Å². The van der Waals surface area contributed by atoms with E-state index in [4.69, 9.17) is 4.74 Å². The summed E-state index contributed by atoms with van der Waals surface area (Å²) >= 11 is 0. The zero-order valence-corrected chi connectivity index (χ0v) is 19.6. The molecule has 4 aromatic rings. The van der Waals surface area contributed by atoms with Gasteiger partial charge in [-0.05, 0) is 48.4 Å². The third-order valence-electron chi connectivity index (χ3n) is 7.00. The van der Waals surface area contributed by atoms with Crippen molar-refractivity contribution in [3.8, 4) is 22.7 Å². The molecule has 35 heavy (non-hydrogen) atoms. The van der Waals surface area contributed by atoms with E-state index in [1.165, 1.54) is 11.1 Å². The van der Waals surface area contributed by atoms with Gasteiger partial charge < -0.3 is 9.64 Å². The van der Waals surface area contributed by atoms with Crippen molar-refractivity contribution in [3.05, 3.63) is 102 Å². The van der Waals surface area contributed by atoms with Crippen LogP contribution in [-0.4, -0.2) is 44.3 Å². The lowest BCUT2D eigenvalue weighted by Crippen LogP contribution is -2.49. The van der Waals surface area contributed by atoms with Gasteiger partial charge in [-0.1, -0.05) is 48.5 Å². The van der Waals surface area contributed by atoms with Gasteiger partial charge >= 0.3 is 0 Å². The molecule has 0 radical (unpaired) electrons. The number of hydrogen-bond acceptors (Lipinski definition) is 4. The van der Waals surface area contributed by atoms with Gasteiger partial charge in [-0.3, -0.25) is 4.79 Å². The first kappa shape index (κ1) is 21.4. The first-order valence-electron chi connectivity index (χ1n) is 11.9. The van der Waals surface area contributed by atoms with Gasteiger partial charge in [0.05, 0.1) is 17.5 Å². The molecule has 0 unspecified atom stereocenters.